The Labute approximate surface area is 400 Å². The van der Waals surface area contributed by atoms with Gasteiger partial charge in [-0.1, -0.05) is 36.4 Å². The van der Waals surface area contributed by atoms with Crippen LogP contribution in [0.1, 0.15) is 67.2 Å². The van der Waals surface area contributed by atoms with Crippen molar-refractivity contribution in [2.75, 3.05) is 63.2 Å². The number of hydrogen-bond acceptors (Lipinski definition) is 19. The van der Waals surface area contributed by atoms with Gasteiger partial charge in [0.2, 0.25) is 23.7 Å². The van der Waals surface area contributed by atoms with Crippen molar-refractivity contribution in [2.24, 2.45) is 0 Å². The predicted octanol–water partition coefficient (Wildman–Crippen LogP) is 4.47. The first-order valence-electron chi connectivity index (χ1n) is 23.7. The predicted molar refractivity (Wildman–Crippen MR) is 247 cm³/mol. The number of likely N-dealkylation sites (tertiary alicyclic amines) is 1. The van der Waals surface area contributed by atoms with Crippen LogP contribution in [-0.2, 0) is 33.2 Å². The van der Waals surface area contributed by atoms with Crippen LogP contribution in [-0.4, -0.2) is 162 Å². The van der Waals surface area contributed by atoms with Crippen LogP contribution in [0.5, 0.6) is 11.8 Å². The van der Waals surface area contributed by atoms with Gasteiger partial charge in [-0.3, -0.25) is 0 Å². The van der Waals surface area contributed by atoms with Gasteiger partial charge in [-0.05, 0) is 83.8 Å². The van der Waals surface area contributed by atoms with Gasteiger partial charge in [0.1, 0.15) is 30.0 Å². The third-order valence-electron chi connectivity index (χ3n) is 12.4. The molecule has 0 aliphatic carbocycles. The maximum absolute atomic E-state index is 12.5. The van der Waals surface area contributed by atoms with Crippen molar-refractivity contribution < 1.29 is 57.0 Å². The summed E-state index contributed by atoms with van der Waals surface area (Å²) in [6.07, 6.45) is 3.48. The third kappa shape index (κ3) is 12.5. The van der Waals surface area contributed by atoms with E-state index in [2.05, 4.69) is 35.9 Å². The molecule has 1 amide bonds. The van der Waals surface area contributed by atoms with Crippen LogP contribution in [0.2, 0.25) is 0 Å². The largest absolute Gasteiger partial charge is 0.469 e. The molecule has 69 heavy (non-hydrogen) atoms. The molecule has 20 heteroatoms. The fourth-order valence-electron chi connectivity index (χ4n) is 8.95. The number of anilines is 2. The Bertz CT molecular complexity index is 2330. The van der Waals surface area contributed by atoms with Gasteiger partial charge < -0.3 is 63.5 Å². The zero-order valence-corrected chi connectivity index (χ0v) is 39.0. The lowest BCUT2D eigenvalue weighted by Crippen LogP contribution is -2.44. The molecule has 2 aromatic heterocycles. The summed E-state index contributed by atoms with van der Waals surface area (Å²) in [6.45, 7) is 9.92. The van der Waals surface area contributed by atoms with Gasteiger partial charge in [0.25, 0.3) is 0 Å². The lowest BCUT2D eigenvalue weighted by molar-refractivity contribution is -0.0195. The lowest BCUT2D eigenvalue weighted by Gasteiger charge is -2.33. The molecule has 3 N–H and O–H groups in total. The molecule has 6 aliphatic rings. The third-order valence-corrected chi connectivity index (χ3v) is 12.4. The molecule has 4 aromatic rings. The number of amides is 1. The number of piperidine rings is 2. The molecule has 20 nitrogen and oxygen atoms in total. The number of benzene rings is 2. The zero-order valence-electron chi connectivity index (χ0n) is 39.0. The van der Waals surface area contributed by atoms with E-state index in [1.54, 1.807) is 78.0 Å². The van der Waals surface area contributed by atoms with Crippen molar-refractivity contribution in [3.05, 3.63) is 96.3 Å². The first kappa shape index (κ1) is 47.9. The molecule has 2 aromatic carbocycles. The fraction of sp³-hybridized carbons (Fsp3) is 0.531. The van der Waals surface area contributed by atoms with Crippen LogP contribution >= 0.6 is 0 Å². The highest BCUT2D eigenvalue weighted by molar-refractivity contribution is 5.90. The van der Waals surface area contributed by atoms with Crippen LogP contribution in [0.3, 0.4) is 0 Å². The molecule has 10 rings (SSSR count). The fourth-order valence-corrected chi connectivity index (χ4v) is 8.95. The van der Waals surface area contributed by atoms with E-state index >= 15 is 0 Å². The Morgan fingerprint density at radius 3 is 1.46 bits per heavy atom. The summed E-state index contributed by atoms with van der Waals surface area (Å²) in [6, 6.07) is 21.6. The molecule has 368 valence electrons. The lowest BCUT2D eigenvalue weighted by atomic mass is 10.1. The number of rotatable bonds is 12. The van der Waals surface area contributed by atoms with Crippen LogP contribution in [0.4, 0.5) is 16.7 Å². The van der Waals surface area contributed by atoms with Crippen LogP contribution in [0.15, 0.2) is 85.2 Å². The number of fused-ring (bicyclic) bond motifs is 2. The number of ether oxygens (including phenoxy) is 9. The quantitative estimate of drug-likeness (QED) is 0.132. The van der Waals surface area contributed by atoms with Crippen LogP contribution in [0, 0.1) is 0 Å². The number of aromatic nitrogens is 4. The molecular formula is C49H60N8O12. The second-order valence-electron chi connectivity index (χ2n) is 18.6. The van der Waals surface area contributed by atoms with E-state index in [1.807, 2.05) is 32.9 Å². The molecule has 8 atom stereocenters. The summed E-state index contributed by atoms with van der Waals surface area (Å²) in [7, 11) is 0. The average molecular weight is 953 g/mol. The van der Waals surface area contributed by atoms with Crippen molar-refractivity contribution in [3.8, 4) is 11.8 Å². The molecule has 2 unspecified atom stereocenters. The molecule has 8 heterocycles. The maximum atomic E-state index is 12.5. The van der Waals surface area contributed by atoms with Gasteiger partial charge in [-0.15, -0.1) is 0 Å². The Kier molecular flexibility index (Phi) is 15.3. The molecule has 6 fully saturated rings. The Balaban J connectivity index is 0.000000175. The van der Waals surface area contributed by atoms with Crippen molar-refractivity contribution in [1.82, 2.24) is 30.2 Å². The summed E-state index contributed by atoms with van der Waals surface area (Å²) in [5.74, 6) is 1.09. The maximum Gasteiger partial charge on any atom is 0.410 e. The van der Waals surface area contributed by atoms with Crippen molar-refractivity contribution in [1.29, 1.82) is 0 Å². The van der Waals surface area contributed by atoms with Gasteiger partial charge in [-0.2, -0.15) is 9.97 Å². The van der Waals surface area contributed by atoms with E-state index in [-0.39, 0.29) is 61.8 Å². The van der Waals surface area contributed by atoms with E-state index in [9.17, 15) is 14.4 Å². The second kappa shape index (κ2) is 22.1. The molecule has 0 spiro atoms. The normalized spacial score (nSPS) is 26.7. The molecule has 6 aliphatic heterocycles. The smallest absolute Gasteiger partial charge is 0.410 e. The van der Waals surface area contributed by atoms with Crippen molar-refractivity contribution >= 4 is 29.9 Å². The van der Waals surface area contributed by atoms with Crippen LogP contribution in [0.25, 0.3) is 0 Å². The van der Waals surface area contributed by atoms with Gasteiger partial charge >= 0.3 is 18.0 Å². The highest BCUT2D eigenvalue weighted by atomic mass is 16.7. The zero-order chi connectivity index (χ0) is 47.7. The number of hydrogen-bond donors (Lipinski definition) is 3. The van der Waals surface area contributed by atoms with E-state index in [4.69, 9.17) is 42.6 Å². The number of carbonyl (C=O) groups is 3. The Morgan fingerprint density at radius 2 is 1.01 bits per heavy atom. The van der Waals surface area contributed by atoms with Gasteiger partial charge in [0, 0.05) is 49.7 Å². The highest BCUT2D eigenvalue weighted by Crippen LogP contribution is 2.33. The summed E-state index contributed by atoms with van der Waals surface area (Å²) in [5, 5.41) is 10.1. The molecular weight excluding hydrogens is 893 g/mol. The van der Waals surface area contributed by atoms with E-state index in [0.717, 1.165) is 38.8 Å². The number of esters is 2. The van der Waals surface area contributed by atoms with Gasteiger partial charge in [0.15, 0.2) is 24.4 Å². The van der Waals surface area contributed by atoms with E-state index < -0.39 is 29.9 Å². The highest BCUT2D eigenvalue weighted by Gasteiger charge is 2.52. The van der Waals surface area contributed by atoms with E-state index in [0.29, 0.717) is 67.1 Å². The second-order valence-corrected chi connectivity index (χ2v) is 18.6. The first-order chi connectivity index (χ1) is 33.5. The summed E-state index contributed by atoms with van der Waals surface area (Å²) in [4.78, 5) is 56.5. The van der Waals surface area contributed by atoms with Crippen molar-refractivity contribution in [2.45, 2.75) is 113 Å². The standard InChI is InChI=1S/C27H34N4O7.C22H26N4O5/c1-27(2,3)38-26(33)31-13-10-18(11-14-31)29-25-28-12-9-21(30-25)36-19-15-34-23-20(16-35-22(19)23)37-24(32)17-7-5-4-6-8-17;27-21(14-4-2-1-3-5-14)31-17-13-29-19-16(12-28-20(17)19)30-18-8-11-24-22(26-18)25-15-6-9-23-10-7-15/h4-9,12,18-20,22-23H,10-11,13-16H2,1-3H3,(H,28,29,30);1-5,8,11,15-17,19-20,23H,6-7,9-10,12-13H2,(H,24,25,26)/t19?,20-,22+,23+;16?,17-,19+,20+/m00/s1. The molecule has 0 saturated carbocycles. The molecule has 6 saturated heterocycles. The van der Waals surface area contributed by atoms with Crippen molar-refractivity contribution in [3.63, 3.8) is 0 Å². The minimum absolute atomic E-state index is 0.126. The number of nitrogens with zero attached hydrogens (tertiary/aromatic N) is 5. The SMILES string of the molecule is CC(C)(C)OC(=O)N1CCC(Nc2nccc(OC3CO[C@@H]4[C@@H](OC(=O)c5ccccc5)CO[C@H]34)n2)CC1.O=C(O[C@H]1CO[C@@H]2C(Oc3ccnc(NC4CCNCC4)n3)CO[C@H]12)c1ccccc1. The number of carbonyl (C=O) groups excluding carboxylic acids is 3. The first-order valence-corrected chi connectivity index (χ1v) is 23.7. The molecule has 0 bridgehead atoms. The number of nitrogens with one attached hydrogen (secondary N) is 3. The Hall–Kier alpha value is -6.19. The molecule has 0 radical (unpaired) electrons. The minimum atomic E-state index is -0.512. The monoisotopic (exact) mass is 952 g/mol. The topological polar surface area (TPSA) is 225 Å². The van der Waals surface area contributed by atoms with Gasteiger partial charge in [0.05, 0.1) is 37.6 Å². The average Bonchev–Trinajstić information content (AvgIpc) is 4.15. The summed E-state index contributed by atoms with van der Waals surface area (Å²) < 4.78 is 52.4. The van der Waals surface area contributed by atoms with E-state index in [1.165, 1.54) is 0 Å². The minimum Gasteiger partial charge on any atom is -0.469 e. The summed E-state index contributed by atoms with van der Waals surface area (Å²) >= 11 is 0. The van der Waals surface area contributed by atoms with Crippen LogP contribution < -0.4 is 25.4 Å². The summed E-state index contributed by atoms with van der Waals surface area (Å²) in [5.41, 5.74) is 0.479. The Morgan fingerprint density at radius 1 is 0.594 bits per heavy atom. The van der Waals surface area contributed by atoms with Gasteiger partial charge in [-0.25, -0.2) is 24.4 Å².